The Morgan fingerprint density at radius 3 is 2.38 bits per heavy atom. The van der Waals surface area contributed by atoms with E-state index < -0.39 is 0 Å². The van der Waals surface area contributed by atoms with E-state index in [1.807, 2.05) is 39.0 Å². The second kappa shape index (κ2) is 5.53. The van der Waals surface area contributed by atoms with E-state index in [2.05, 4.69) is 13.8 Å². The van der Waals surface area contributed by atoms with E-state index in [0.717, 1.165) is 16.7 Å². The summed E-state index contributed by atoms with van der Waals surface area (Å²) in [5, 5.41) is 0.532. The maximum atomic E-state index is 12.2. The Morgan fingerprint density at radius 2 is 1.81 bits per heavy atom. The largest absolute Gasteiger partial charge is 0.293 e. The van der Waals surface area contributed by atoms with Crippen LogP contribution in [0.2, 0.25) is 0 Å². The number of Topliss-reactive ketones (excluding diaryl/α,β-unsaturated/α-hetero) is 1. The molecule has 1 aromatic rings. The molecule has 1 atom stereocenters. The summed E-state index contributed by atoms with van der Waals surface area (Å²) in [6.07, 6.45) is 0. The summed E-state index contributed by atoms with van der Waals surface area (Å²) in [7, 11) is 0. The molecule has 0 heterocycles. The molecule has 88 valence electrons. The summed E-state index contributed by atoms with van der Waals surface area (Å²) in [4.78, 5) is 12.2. The van der Waals surface area contributed by atoms with Gasteiger partial charge in [0, 0.05) is 5.56 Å². The molecule has 0 bridgehead atoms. The smallest absolute Gasteiger partial charge is 0.175 e. The van der Waals surface area contributed by atoms with Crippen molar-refractivity contribution >= 4 is 17.5 Å². The van der Waals surface area contributed by atoms with Crippen molar-refractivity contribution in [3.05, 3.63) is 34.9 Å². The molecule has 0 saturated carbocycles. The van der Waals surface area contributed by atoms with Crippen molar-refractivity contribution < 1.29 is 4.79 Å². The molecule has 1 rings (SSSR count). The fourth-order valence-corrected chi connectivity index (χ4v) is 2.76. The summed E-state index contributed by atoms with van der Waals surface area (Å²) >= 11 is 1.72. The van der Waals surface area contributed by atoms with Gasteiger partial charge in [-0.2, -0.15) is 0 Å². The number of hydrogen-bond donors (Lipinski definition) is 0. The molecule has 0 fully saturated rings. The molecule has 1 nitrogen and oxygen atoms in total. The van der Waals surface area contributed by atoms with Crippen molar-refractivity contribution in [1.29, 1.82) is 0 Å². The summed E-state index contributed by atoms with van der Waals surface area (Å²) in [5.41, 5.74) is 3.10. The summed E-state index contributed by atoms with van der Waals surface area (Å²) in [6.45, 7) is 10.3. The van der Waals surface area contributed by atoms with E-state index >= 15 is 0 Å². The van der Waals surface area contributed by atoms with Gasteiger partial charge in [0.25, 0.3) is 0 Å². The zero-order valence-electron chi connectivity index (χ0n) is 10.7. The molecule has 0 radical (unpaired) electrons. The Balaban J connectivity index is 2.91. The zero-order valence-corrected chi connectivity index (χ0v) is 11.5. The molecule has 0 saturated heterocycles. The number of rotatable bonds is 4. The van der Waals surface area contributed by atoms with E-state index in [4.69, 9.17) is 0 Å². The van der Waals surface area contributed by atoms with E-state index in [1.165, 1.54) is 0 Å². The van der Waals surface area contributed by atoms with Gasteiger partial charge < -0.3 is 0 Å². The van der Waals surface area contributed by atoms with Gasteiger partial charge in [-0.1, -0.05) is 31.5 Å². The van der Waals surface area contributed by atoms with Gasteiger partial charge in [-0.25, -0.2) is 0 Å². The third-order valence-electron chi connectivity index (χ3n) is 2.50. The highest BCUT2D eigenvalue weighted by atomic mass is 32.2. The van der Waals surface area contributed by atoms with E-state index in [-0.39, 0.29) is 11.0 Å². The van der Waals surface area contributed by atoms with Gasteiger partial charge in [-0.3, -0.25) is 4.79 Å². The second-order valence-electron chi connectivity index (χ2n) is 4.51. The first-order chi connectivity index (χ1) is 7.41. The maximum absolute atomic E-state index is 12.2. The topological polar surface area (TPSA) is 17.1 Å². The van der Waals surface area contributed by atoms with Crippen molar-refractivity contribution in [2.24, 2.45) is 0 Å². The Hall–Kier alpha value is -0.760. The predicted molar refractivity (Wildman–Crippen MR) is 72.4 cm³/mol. The first kappa shape index (κ1) is 13.3. The van der Waals surface area contributed by atoms with Gasteiger partial charge in [0.2, 0.25) is 0 Å². The molecule has 0 N–H and O–H groups in total. The summed E-state index contributed by atoms with van der Waals surface area (Å²) in [6, 6.07) is 6.07. The number of carbonyl (C=O) groups excluding carboxylic acids is 1. The van der Waals surface area contributed by atoms with Crippen LogP contribution >= 0.6 is 11.8 Å². The number of hydrogen-bond acceptors (Lipinski definition) is 2. The lowest BCUT2D eigenvalue weighted by Gasteiger charge is -2.14. The fraction of sp³-hybridized carbons (Fsp3) is 0.500. The van der Waals surface area contributed by atoms with Crippen LogP contribution < -0.4 is 0 Å². The van der Waals surface area contributed by atoms with E-state index in [0.29, 0.717) is 5.25 Å². The quantitative estimate of drug-likeness (QED) is 0.735. The van der Waals surface area contributed by atoms with Crippen LogP contribution in [0.25, 0.3) is 0 Å². The lowest BCUT2D eigenvalue weighted by Crippen LogP contribution is -2.17. The van der Waals surface area contributed by atoms with Crippen molar-refractivity contribution in [2.75, 3.05) is 0 Å². The molecule has 1 unspecified atom stereocenters. The summed E-state index contributed by atoms with van der Waals surface area (Å²) in [5.74, 6) is 0.250. The molecule has 0 spiro atoms. The average molecular weight is 236 g/mol. The highest BCUT2D eigenvalue weighted by molar-refractivity contribution is 8.01. The van der Waals surface area contributed by atoms with E-state index in [1.54, 1.807) is 11.8 Å². The van der Waals surface area contributed by atoms with Gasteiger partial charge >= 0.3 is 0 Å². The predicted octanol–water partition coefficient (Wildman–Crippen LogP) is 4.02. The highest BCUT2D eigenvalue weighted by Gasteiger charge is 2.18. The minimum atomic E-state index is 0.0421. The van der Waals surface area contributed by atoms with Gasteiger partial charge in [-0.15, -0.1) is 11.8 Å². The van der Waals surface area contributed by atoms with Crippen LogP contribution in [0.15, 0.2) is 18.2 Å². The third-order valence-corrected chi connectivity index (χ3v) is 3.67. The van der Waals surface area contributed by atoms with E-state index in [9.17, 15) is 4.79 Å². The highest BCUT2D eigenvalue weighted by Crippen LogP contribution is 2.22. The molecular formula is C14H20OS. The Labute approximate surface area is 103 Å². The number of carbonyl (C=O) groups is 1. The third kappa shape index (κ3) is 3.38. The lowest BCUT2D eigenvalue weighted by atomic mass is 10.0. The van der Waals surface area contributed by atoms with Crippen LogP contribution in [-0.2, 0) is 0 Å². The minimum absolute atomic E-state index is 0.0421. The van der Waals surface area contributed by atoms with Crippen molar-refractivity contribution in [3.63, 3.8) is 0 Å². The molecule has 1 aromatic carbocycles. The number of thioether (sulfide) groups is 1. The first-order valence-corrected chi connectivity index (χ1v) is 6.63. The zero-order chi connectivity index (χ0) is 12.3. The van der Waals surface area contributed by atoms with Crippen LogP contribution in [-0.4, -0.2) is 16.3 Å². The first-order valence-electron chi connectivity index (χ1n) is 5.68. The van der Waals surface area contributed by atoms with Crippen molar-refractivity contribution in [1.82, 2.24) is 0 Å². The molecule has 2 heteroatoms. The Kier molecular flexibility index (Phi) is 4.60. The SMILES string of the molecule is Cc1ccc(C)c(C(=O)C(C)SC(C)C)c1. The van der Waals surface area contributed by atoms with Crippen LogP contribution in [0, 0.1) is 13.8 Å². The summed E-state index contributed by atoms with van der Waals surface area (Å²) < 4.78 is 0. The van der Waals surface area contributed by atoms with Gasteiger partial charge in [-0.05, 0) is 37.7 Å². The van der Waals surface area contributed by atoms with Crippen LogP contribution in [0.4, 0.5) is 0 Å². The molecule has 0 aliphatic rings. The normalized spacial score (nSPS) is 12.9. The maximum Gasteiger partial charge on any atom is 0.175 e. The fourth-order valence-electron chi connectivity index (χ4n) is 1.69. The monoisotopic (exact) mass is 236 g/mol. The van der Waals surface area contributed by atoms with Crippen molar-refractivity contribution in [2.45, 2.75) is 45.1 Å². The Bertz CT molecular complexity index is 382. The van der Waals surface area contributed by atoms with Crippen LogP contribution in [0.5, 0.6) is 0 Å². The second-order valence-corrected chi connectivity index (χ2v) is 6.43. The Morgan fingerprint density at radius 1 is 1.19 bits per heavy atom. The van der Waals surface area contributed by atoms with Gasteiger partial charge in [0.15, 0.2) is 5.78 Å². The number of aryl methyl sites for hydroxylation is 2. The lowest BCUT2D eigenvalue weighted by molar-refractivity contribution is 0.0993. The standard InChI is InChI=1S/C14H20OS/c1-9(2)16-12(5)14(15)13-8-10(3)6-7-11(13)4/h6-9,12H,1-5H3. The molecule has 16 heavy (non-hydrogen) atoms. The minimum Gasteiger partial charge on any atom is -0.293 e. The van der Waals surface area contributed by atoms with Crippen LogP contribution in [0.1, 0.15) is 42.3 Å². The molecule has 0 amide bonds. The van der Waals surface area contributed by atoms with Crippen molar-refractivity contribution in [3.8, 4) is 0 Å². The average Bonchev–Trinajstić information content (AvgIpc) is 2.19. The molecule has 0 aliphatic carbocycles. The van der Waals surface area contributed by atoms with Crippen LogP contribution in [0.3, 0.4) is 0 Å². The number of ketones is 1. The van der Waals surface area contributed by atoms with Gasteiger partial charge in [0.1, 0.15) is 0 Å². The molecule has 0 aliphatic heterocycles. The number of benzene rings is 1. The molecule has 0 aromatic heterocycles. The molecular weight excluding hydrogens is 216 g/mol. The van der Waals surface area contributed by atoms with Gasteiger partial charge in [0.05, 0.1) is 5.25 Å².